The number of carbonyl (C=O) groups excluding carboxylic acids is 2. The van der Waals surface area contributed by atoms with Gasteiger partial charge in [-0.2, -0.15) is 13.2 Å². The van der Waals surface area contributed by atoms with Crippen molar-refractivity contribution in [3.63, 3.8) is 0 Å². The van der Waals surface area contributed by atoms with Crippen LogP contribution in [0.4, 0.5) is 24.5 Å². The van der Waals surface area contributed by atoms with E-state index in [-0.39, 0.29) is 34.8 Å². The average Bonchev–Trinajstić information content (AvgIpc) is 3.21. The molecule has 0 saturated heterocycles. The van der Waals surface area contributed by atoms with Crippen molar-refractivity contribution in [3.05, 3.63) is 107 Å². The van der Waals surface area contributed by atoms with Crippen LogP contribution in [0.5, 0.6) is 5.75 Å². The minimum atomic E-state index is -4.71. The number of hydrogen-bond acceptors (Lipinski definition) is 7. The maximum Gasteiger partial charge on any atom is 0.416 e. The van der Waals surface area contributed by atoms with Gasteiger partial charge in [-0.05, 0) is 96.9 Å². The van der Waals surface area contributed by atoms with E-state index in [4.69, 9.17) is 10.5 Å². The van der Waals surface area contributed by atoms with Crippen molar-refractivity contribution in [1.82, 2.24) is 14.9 Å². The molecule has 1 fully saturated rings. The number of nitrogens with two attached hydrogens (primary N) is 1. The van der Waals surface area contributed by atoms with Crippen LogP contribution in [0.25, 0.3) is 17.0 Å². The molecule has 4 N–H and O–H groups in total. The highest BCUT2D eigenvalue weighted by molar-refractivity contribution is 6.00. The number of halogens is 3. The lowest BCUT2D eigenvalue weighted by atomic mass is 9.71. The molecule has 2 aliphatic carbocycles. The highest BCUT2D eigenvalue weighted by atomic mass is 19.4. The van der Waals surface area contributed by atoms with Gasteiger partial charge >= 0.3 is 12.1 Å². The number of carboxylic acids is 1. The third kappa shape index (κ3) is 10.4. The summed E-state index contributed by atoms with van der Waals surface area (Å²) in [5.41, 5.74) is 8.78. The Bertz CT molecular complexity index is 2090. The largest absolute Gasteiger partial charge is 0.497 e. The smallest absolute Gasteiger partial charge is 0.416 e. The summed E-state index contributed by atoms with van der Waals surface area (Å²) in [6.45, 7) is 1.69. The lowest BCUT2D eigenvalue weighted by molar-refractivity contribution is -0.139. The Morgan fingerprint density at radius 3 is 2.25 bits per heavy atom. The molecule has 57 heavy (non-hydrogen) atoms. The SMILES string of the molecule is CCC1CCC(C2CC=C(c3cnc(-c4ccc(CN(CC(=O)O)C(=O)c5ccc(NC(=O)Cc6ccc(OC)cc6C(F)(F)F)c(N)c5)cc4)nc3)CC2)CC1. The molecule has 1 unspecified atom stereocenters. The normalized spacial score (nSPS) is 18.3. The second-order valence-corrected chi connectivity index (χ2v) is 15.0. The van der Waals surface area contributed by atoms with Gasteiger partial charge in [-0.1, -0.05) is 62.6 Å². The van der Waals surface area contributed by atoms with Gasteiger partial charge in [0.2, 0.25) is 5.91 Å². The maximum absolute atomic E-state index is 13.6. The number of methoxy groups -OCH3 is 1. The second kappa shape index (κ2) is 18.0. The van der Waals surface area contributed by atoms with Crippen LogP contribution in [0.1, 0.15) is 90.9 Å². The van der Waals surface area contributed by atoms with Gasteiger partial charge in [-0.3, -0.25) is 14.4 Å². The van der Waals surface area contributed by atoms with Crippen LogP contribution in [-0.2, 0) is 28.7 Å². The Morgan fingerprint density at radius 1 is 0.930 bits per heavy atom. The van der Waals surface area contributed by atoms with Gasteiger partial charge < -0.3 is 25.8 Å². The van der Waals surface area contributed by atoms with E-state index in [9.17, 15) is 32.7 Å². The summed E-state index contributed by atoms with van der Waals surface area (Å²) in [5, 5.41) is 12.1. The Morgan fingerprint density at radius 2 is 1.65 bits per heavy atom. The average molecular weight is 784 g/mol. The number of anilines is 2. The standard InChI is InChI=1S/C44H48F3N5O5/c1-3-27-4-8-29(9-5-27)30-12-14-31(15-13-30)35-23-49-42(50-24-35)32-10-6-28(7-11-32)25-52(26-41(54)55)43(56)34-17-19-39(38(48)20-34)51-40(53)21-33-16-18-36(57-2)22-37(33)44(45,46)47/h6-7,10-11,14,16-20,22-24,27,29-30H,3-5,8-9,12-13,15,21,25-26,48H2,1-2H3,(H,51,53)(H,54,55). The number of alkyl halides is 3. The van der Waals surface area contributed by atoms with Crippen molar-refractivity contribution in [2.24, 2.45) is 17.8 Å². The Hall–Kier alpha value is -5.72. The van der Waals surface area contributed by atoms with E-state index < -0.39 is 42.5 Å². The van der Waals surface area contributed by atoms with Crippen LogP contribution >= 0.6 is 0 Å². The van der Waals surface area contributed by atoms with E-state index in [0.717, 1.165) is 52.7 Å². The number of nitrogens with zero attached hydrogens (tertiary/aromatic N) is 3. The number of ether oxygens (including phenoxy) is 1. The quantitative estimate of drug-likeness (QED) is 0.114. The lowest BCUT2D eigenvalue weighted by Crippen LogP contribution is -2.35. The molecule has 0 radical (unpaired) electrons. The molecule has 300 valence electrons. The molecule has 1 heterocycles. The molecule has 2 aliphatic rings. The fourth-order valence-corrected chi connectivity index (χ4v) is 8.06. The summed E-state index contributed by atoms with van der Waals surface area (Å²) >= 11 is 0. The van der Waals surface area contributed by atoms with Crippen molar-refractivity contribution in [1.29, 1.82) is 0 Å². The molecule has 2 amide bonds. The molecule has 4 aromatic rings. The highest BCUT2D eigenvalue weighted by Gasteiger charge is 2.34. The molecule has 1 aromatic heterocycles. The monoisotopic (exact) mass is 783 g/mol. The number of benzene rings is 3. The number of aliphatic carboxylic acids is 1. The summed E-state index contributed by atoms with van der Waals surface area (Å²) in [5.74, 6) is 0.476. The number of carboxylic acid groups (broad SMARTS) is 1. The third-order valence-electron chi connectivity index (χ3n) is 11.4. The van der Waals surface area contributed by atoms with E-state index in [0.29, 0.717) is 11.4 Å². The number of nitrogen functional groups attached to an aromatic ring is 1. The van der Waals surface area contributed by atoms with E-state index in [1.54, 1.807) is 12.1 Å². The molecule has 0 bridgehead atoms. The number of hydrogen-bond donors (Lipinski definition) is 3. The Balaban J connectivity index is 1.06. The predicted octanol–water partition coefficient (Wildman–Crippen LogP) is 9.06. The van der Waals surface area contributed by atoms with Crippen LogP contribution in [0.2, 0.25) is 0 Å². The summed E-state index contributed by atoms with van der Waals surface area (Å²) in [6, 6.07) is 14.5. The zero-order valence-electron chi connectivity index (χ0n) is 32.1. The third-order valence-corrected chi connectivity index (χ3v) is 11.4. The van der Waals surface area contributed by atoms with Crippen molar-refractivity contribution < 1.29 is 37.4 Å². The van der Waals surface area contributed by atoms with E-state index in [2.05, 4.69) is 28.3 Å². The number of amides is 2. The highest BCUT2D eigenvalue weighted by Crippen LogP contribution is 2.42. The lowest BCUT2D eigenvalue weighted by Gasteiger charge is -2.35. The zero-order valence-corrected chi connectivity index (χ0v) is 32.1. The van der Waals surface area contributed by atoms with Crippen LogP contribution in [-0.4, -0.2) is 51.4 Å². The summed E-state index contributed by atoms with van der Waals surface area (Å²) in [6.07, 6.45) is 10.9. The van der Waals surface area contributed by atoms with Gasteiger partial charge in [0, 0.05) is 35.6 Å². The topological polar surface area (TPSA) is 148 Å². The van der Waals surface area contributed by atoms with E-state index >= 15 is 0 Å². The summed E-state index contributed by atoms with van der Waals surface area (Å²) in [4.78, 5) is 48.5. The van der Waals surface area contributed by atoms with Crippen LogP contribution < -0.4 is 15.8 Å². The van der Waals surface area contributed by atoms with Gasteiger partial charge in [0.05, 0.1) is 30.5 Å². The van der Waals surface area contributed by atoms with Gasteiger partial charge in [0.15, 0.2) is 5.82 Å². The van der Waals surface area contributed by atoms with Crippen LogP contribution in [0.3, 0.4) is 0 Å². The zero-order chi connectivity index (χ0) is 40.7. The molecule has 0 aliphatic heterocycles. The van der Waals surface area contributed by atoms with Crippen molar-refractivity contribution in [2.45, 2.75) is 77.4 Å². The van der Waals surface area contributed by atoms with Gasteiger partial charge in [0.25, 0.3) is 5.91 Å². The number of allylic oxidation sites excluding steroid dienone is 2. The molecular formula is C44H48F3N5O5. The molecule has 3 aromatic carbocycles. The molecular weight excluding hydrogens is 736 g/mol. The van der Waals surface area contributed by atoms with Crippen LogP contribution in [0, 0.1) is 17.8 Å². The van der Waals surface area contributed by atoms with Crippen molar-refractivity contribution >= 4 is 34.7 Å². The number of nitrogens with one attached hydrogen (secondary N) is 1. The Labute approximate surface area is 330 Å². The number of rotatable bonds is 13. The second-order valence-electron chi connectivity index (χ2n) is 15.0. The molecule has 6 rings (SSSR count). The van der Waals surface area contributed by atoms with Crippen molar-refractivity contribution in [2.75, 3.05) is 24.7 Å². The summed E-state index contributed by atoms with van der Waals surface area (Å²) < 4.78 is 45.8. The molecule has 1 atom stereocenters. The maximum atomic E-state index is 13.6. The first-order valence-electron chi connectivity index (χ1n) is 19.4. The van der Waals surface area contributed by atoms with Gasteiger partial charge in [0.1, 0.15) is 12.3 Å². The first-order chi connectivity index (χ1) is 27.3. The minimum Gasteiger partial charge on any atom is -0.497 e. The van der Waals surface area contributed by atoms with Crippen LogP contribution in [0.15, 0.2) is 79.1 Å². The summed E-state index contributed by atoms with van der Waals surface area (Å²) in [7, 11) is 1.24. The Kier molecular flexibility index (Phi) is 13.0. The van der Waals surface area contributed by atoms with Crippen molar-refractivity contribution in [3.8, 4) is 17.1 Å². The predicted molar refractivity (Wildman–Crippen MR) is 212 cm³/mol. The number of carbonyl (C=O) groups is 3. The van der Waals surface area contributed by atoms with Gasteiger partial charge in [-0.25, -0.2) is 9.97 Å². The molecule has 1 saturated carbocycles. The first-order valence-corrected chi connectivity index (χ1v) is 19.4. The van der Waals surface area contributed by atoms with E-state index in [1.807, 2.05) is 24.5 Å². The van der Waals surface area contributed by atoms with E-state index in [1.165, 1.54) is 81.5 Å². The molecule has 13 heteroatoms. The van der Waals surface area contributed by atoms with Gasteiger partial charge in [-0.15, -0.1) is 0 Å². The number of aromatic nitrogens is 2. The minimum absolute atomic E-state index is 0.000110. The first kappa shape index (κ1) is 40.9. The fraction of sp³-hybridized carbons (Fsp3) is 0.386. The fourth-order valence-electron chi connectivity index (χ4n) is 8.06. The molecule has 0 spiro atoms. The molecule has 10 nitrogen and oxygen atoms in total.